The summed E-state index contributed by atoms with van der Waals surface area (Å²) in [7, 11) is 2.76. The highest BCUT2D eigenvalue weighted by molar-refractivity contribution is 6.47. The molecule has 1 atom stereocenters. The summed E-state index contributed by atoms with van der Waals surface area (Å²) in [6.45, 7) is 3.13. The van der Waals surface area contributed by atoms with Crippen LogP contribution in [0, 0.1) is 0 Å². The number of halogens is 2. The average Bonchev–Trinajstić information content (AvgIpc) is 3.11. The number of Topliss-reactive ketones (excluding diaryl/α,β-unsaturated/α-hetero) is 1. The molecule has 35 heavy (non-hydrogen) atoms. The van der Waals surface area contributed by atoms with Gasteiger partial charge in [0.05, 0.1) is 36.4 Å². The lowest BCUT2D eigenvalue weighted by molar-refractivity contribution is -0.139. The van der Waals surface area contributed by atoms with E-state index in [2.05, 4.69) is 0 Å². The topological polar surface area (TPSA) is 94.5 Å². The molecule has 2 aromatic rings. The Kier molecular flexibility index (Phi) is 7.33. The van der Waals surface area contributed by atoms with Gasteiger partial charge >= 0.3 is 0 Å². The van der Waals surface area contributed by atoms with E-state index in [1.165, 1.54) is 25.2 Å². The Balaban J connectivity index is 1.93. The number of ether oxygens (including phenoxy) is 4. The van der Waals surface area contributed by atoms with Crippen LogP contribution in [0.15, 0.2) is 29.8 Å². The zero-order valence-corrected chi connectivity index (χ0v) is 21.0. The molecule has 186 valence electrons. The molecule has 8 nitrogen and oxygen atoms in total. The number of hydrogen-bond donors (Lipinski definition) is 1. The van der Waals surface area contributed by atoms with Crippen molar-refractivity contribution >= 4 is 40.7 Å². The summed E-state index contributed by atoms with van der Waals surface area (Å²) in [6.07, 6.45) is 1.49. The fourth-order valence-corrected chi connectivity index (χ4v) is 4.99. The van der Waals surface area contributed by atoms with Crippen LogP contribution in [0.4, 0.5) is 0 Å². The number of carbonyl (C=O) groups is 2. The molecule has 1 fully saturated rings. The third-order valence-corrected chi connectivity index (χ3v) is 6.59. The van der Waals surface area contributed by atoms with Crippen molar-refractivity contribution in [2.24, 2.45) is 0 Å². The number of carbonyl (C=O) groups excluding carboxylic acids is 2. The lowest BCUT2D eigenvalue weighted by Gasteiger charge is -2.27. The molecule has 2 aliphatic heterocycles. The van der Waals surface area contributed by atoms with Gasteiger partial charge in [0.15, 0.2) is 23.0 Å². The minimum atomic E-state index is -0.860. The number of rotatable bonds is 7. The van der Waals surface area contributed by atoms with Gasteiger partial charge < -0.3 is 29.0 Å². The van der Waals surface area contributed by atoms with E-state index in [9.17, 15) is 14.7 Å². The second kappa shape index (κ2) is 10.3. The van der Waals surface area contributed by atoms with Crippen molar-refractivity contribution in [2.45, 2.75) is 25.8 Å². The van der Waals surface area contributed by atoms with E-state index < -0.39 is 23.5 Å². The van der Waals surface area contributed by atoms with Crippen LogP contribution in [-0.4, -0.2) is 55.7 Å². The van der Waals surface area contributed by atoms with E-state index in [0.717, 1.165) is 6.42 Å². The molecule has 1 amide bonds. The molecule has 10 heteroatoms. The monoisotopic (exact) mass is 521 g/mol. The summed E-state index contributed by atoms with van der Waals surface area (Å²) < 4.78 is 21.9. The molecule has 0 aromatic heterocycles. The summed E-state index contributed by atoms with van der Waals surface area (Å²) in [5.41, 5.74) is 0.563. The smallest absolute Gasteiger partial charge is 0.295 e. The van der Waals surface area contributed by atoms with Gasteiger partial charge in [0.1, 0.15) is 24.0 Å². The standard InChI is InChI=1S/C25H25Cl2NO7/c1-4-5-8-28-20(13-6-7-16-17(11-13)35-10-9-34-16)18(22(30)25(28)31)21(29)14-12-15(26)24(33-3)19(27)23(14)32-2/h6-7,11-12,20,29H,4-5,8-10H2,1-3H3/b21-18+. The Labute approximate surface area is 212 Å². The van der Waals surface area contributed by atoms with Gasteiger partial charge in [0.2, 0.25) is 0 Å². The lowest BCUT2D eigenvalue weighted by Crippen LogP contribution is -2.30. The molecule has 1 saturated heterocycles. The maximum Gasteiger partial charge on any atom is 0.295 e. The van der Waals surface area contributed by atoms with Crippen LogP contribution < -0.4 is 18.9 Å². The predicted octanol–water partition coefficient (Wildman–Crippen LogP) is 5.00. The predicted molar refractivity (Wildman–Crippen MR) is 131 cm³/mol. The molecule has 0 bridgehead atoms. The van der Waals surface area contributed by atoms with Crippen LogP contribution in [0.3, 0.4) is 0 Å². The number of aliphatic hydroxyl groups excluding tert-OH is 1. The van der Waals surface area contributed by atoms with E-state index >= 15 is 0 Å². The van der Waals surface area contributed by atoms with Crippen LogP contribution in [0.2, 0.25) is 10.0 Å². The molecular formula is C25H25Cl2NO7. The highest BCUT2D eigenvalue weighted by atomic mass is 35.5. The van der Waals surface area contributed by atoms with Crippen LogP contribution in [-0.2, 0) is 9.59 Å². The highest BCUT2D eigenvalue weighted by Crippen LogP contribution is 2.48. The van der Waals surface area contributed by atoms with E-state index in [4.69, 9.17) is 42.1 Å². The molecule has 2 aromatic carbocycles. The molecule has 0 saturated carbocycles. The normalized spacial score (nSPS) is 18.7. The fourth-order valence-electron chi connectivity index (χ4n) is 4.31. The largest absolute Gasteiger partial charge is 0.507 e. The number of fused-ring (bicyclic) bond motifs is 1. The summed E-state index contributed by atoms with van der Waals surface area (Å²) in [6, 6.07) is 5.73. The minimum absolute atomic E-state index is 0.0279. The van der Waals surface area contributed by atoms with E-state index in [-0.39, 0.29) is 32.7 Å². The number of unbranched alkanes of at least 4 members (excludes halogenated alkanes) is 1. The van der Waals surface area contributed by atoms with Crippen LogP contribution >= 0.6 is 23.2 Å². The van der Waals surface area contributed by atoms with Crippen molar-refractivity contribution in [3.05, 3.63) is 51.0 Å². The number of ketones is 1. The summed E-state index contributed by atoms with van der Waals surface area (Å²) in [5, 5.41) is 11.6. The molecule has 0 aliphatic carbocycles. The van der Waals surface area contributed by atoms with E-state index in [0.29, 0.717) is 43.2 Å². The van der Waals surface area contributed by atoms with Gasteiger partial charge in [0.25, 0.3) is 11.7 Å². The number of nitrogens with zero attached hydrogens (tertiary/aromatic N) is 1. The van der Waals surface area contributed by atoms with Gasteiger partial charge in [-0.15, -0.1) is 0 Å². The Bertz CT molecular complexity index is 1210. The quantitative estimate of drug-likeness (QED) is 0.311. The van der Waals surface area contributed by atoms with Crippen LogP contribution in [0.5, 0.6) is 23.0 Å². The lowest BCUT2D eigenvalue weighted by atomic mass is 9.94. The van der Waals surface area contributed by atoms with E-state index in [1.54, 1.807) is 18.2 Å². The molecule has 2 heterocycles. The number of methoxy groups -OCH3 is 2. The molecule has 1 N–H and O–H groups in total. The van der Waals surface area contributed by atoms with Gasteiger partial charge in [-0.1, -0.05) is 42.6 Å². The number of hydrogen-bond acceptors (Lipinski definition) is 7. The van der Waals surface area contributed by atoms with Crippen molar-refractivity contribution in [1.29, 1.82) is 0 Å². The molecular weight excluding hydrogens is 497 g/mol. The summed E-state index contributed by atoms with van der Waals surface area (Å²) in [5.74, 6) is -0.679. The molecule has 4 rings (SSSR count). The van der Waals surface area contributed by atoms with Crippen LogP contribution in [0.25, 0.3) is 5.76 Å². The van der Waals surface area contributed by atoms with Crippen molar-refractivity contribution in [1.82, 2.24) is 4.90 Å². The SMILES string of the molecule is CCCCN1C(=O)C(=O)/C(=C(/O)c2cc(Cl)c(OC)c(Cl)c2OC)C1c1ccc2c(c1)OCCO2. The zero-order valence-electron chi connectivity index (χ0n) is 19.5. The second-order valence-corrected chi connectivity index (χ2v) is 8.82. The first-order chi connectivity index (χ1) is 16.8. The van der Waals surface area contributed by atoms with Gasteiger partial charge in [-0.3, -0.25) is 9.59 Å². The maximum atomic E-state index is 13.3. The van der Waals surface area contributed by atoms with Crippen molar-refractivity contribution in [2.75, 3.05) is 34.0 Å². The first-order valence-corrected chi connectivity index (χ1v) is 11.9. The summed E-state index contributed by atoms with van der Waals surface area (Å²) in [4.78, 5) is 27.8. The highest BCUT2D eigenvalue weighted by Gasteiger charge is 2.46. The number of amides is 1. The van der Waals surface area contributed by atoms with Gasteiger partial charge in [0, 0.05) is 6.54 Å². The second-order valence-electron chi connectivity index (χ2n) is 8.04. The molecule has 0 radical (unpaired) electrons. The Hall–Kier alpha value is -3.10. The van der Waals surface area contributed by atoms with Gasteiger partial charge in [-0.2, -0.15) is 0 Å². The van der Waals surface area contributed by atoms with Crippen molar-refractivity contribution in [3.63, 3.8) is 0 Å². The Morgan fingerprint density at radius 2 is 1.77 bits per heavy atom. The Morgan fingerprint density at radius 3 is 2.43 bits per heavy atom. The zero-order chi connectivity index (χ0) is 25.3. The fraction of sp³-hybridized carbons (Fsp3) is 0.360. The average molecular weight is 522 g/mol. The maximum absolute atomic E-state index is 13.3. The Morgan fingerprint density at radius 1 is 1.09 bits per heavy atom. The first kappa shape index (κ1) is 25.0. The summed E-state index contributed by atoms with van der Waals surface area (Å²) >= 11 is 12.7. The molecule has 0 spiro atoms. The van der Waals surface area contributed by atoms with Crippen LogP contribution in [0.1, 0.15) is 36.9 Å². The first-order valence-electron chi connectivity index (χ1n) is 11.1. The molecule has 1 unspecified atom stereocenters. The van der Waals surface area contributed by atoms with Crippen molar-refractivity contribution < 1.29 is 33.6 Å². The van der Waals surface area contributed by atoms with Gasteiger partial charge in [-0.25, -0.2) is 0 Å². The third-order valence-electron chi connectivity index (χ3n) is 5.97. The number of likely N-dealkylation sites (tertiary alicyclic amines) is 1. The van der Waals surface area contributed by atoms with Crippen molar-refractivity contribution in [3.8, 4) is 23.0 Å². The third kappa shape index (κ3) is 4.36. The minimum Gasteiger partial charge on any atom is -0.507 e. The molecule has 2 aliphatic rings. The van der Waals surface area contributed by atoms with E-state index in [1.807, 2.05) is 6.92 Å². The van der Waals surface area contributed by atoms with Gasteiger partial charge in [-0.05, 0) is 30.2 Å². The number of benzene rings is 2. The number of aliphatic hydroxyl groups is 1.